The minimum Gasteiger partial charge on any atom is -0.478 e. The van der Waals surface area contributed by atoms with Crippen LogP contribution in [0.1, 0.15) is 26.3 Å². The van der Waals surface area contributed by atoms with Gasteiger partial charge in [0.05, 0.1) is 28.0 Å². The smallest absolute Gasteiger partial charge is 0.338 e. The van der Waals surface area contributed by atoms with Crippen LogP contribution in [0.5, 0.6) is 0 Å². The van der Waals surface area contributed by atoms with E-state index < -0.39 is 34.8 Å². The quantitative estimate of drug-likeness (QED) is 0.352. The zero-order valence-electron chi connectivity index (χ0n) is 16.6. The normalized spacial score (nSPS) is 10.9. The van der Waals surface area contributed by atoms with Crippen LogP contribution in [0.4, 0.5) is 14.5 Å². The van der Waals surface area contributed by atoms with E-state index in [1.165, 1.54) is 0 Å². The SMILES string of the molecule is Cc1c(-c2ccccc2)nc2ccc(Br)cc2c1C(=O)Nc1cc(F)c(C(=O)O)cc1F. The molecule has 0 saturated heterocycles. The number of carbonyl (C=O) groups excluding carboxylic acids is 1. The van der Waals surface area contributed by atoms with Crippen molar-refractivity contribution in [3.8, 4) is 11.3 Å². The average molecular weight is 497 g/mol. The topological polar surface area (TPSA) is 79.3 Å². The van der Waals surface area contributed by atoms with Crippen molar-refractivity contribution in [2.75, 3.05) is 5.32 Å². The van der Waals surface area contributed by atoms with Crippen molar-refractivity contribution in [2.24, 2.45) is 0 Å². The number of aromatic carboxylic acids is 1. The Morgan fingerprint density at radius 2 is 1.72 bits per heavy atom. The maximum absolute atomic E-state index is 14.4. The summed E-state index contributed by atoms with van der Waals surface area (Å²) in [6, 6.07) is 15.8. The monoisotopic (exact) mass is 496 g/mol. The maximum Gasteiger partial charge on any atom is 0.338 e. The number of carboxylic acid groups (broad SMARTS) is 1. The van der Waals surface area contributed by atoms with Crippen LogP contribution in [0, 0.1) is 18.6 Å². The van der Waals surface area contributed by atoms with Gasteiger partial charge in [0.2, 0.25) is 0 Å². The summed E-state index contributed by atoms with van der Waals surface area (Å²) in [4.78, 5) is 29.0. The van der Waals surface area contributed by atoms with E-state index in [1.54, 1.807) is 25.1 Å². The summed E-state index contributed by atoms with van der Waals surface area (Å²) in [7, 11) is 0. The lowest BCUT2D eigenvalue weighted by Gasteiger charge is -2.15. The van der Waals surface area contributed by atoms with Gasteiger partial charge in [-0.2, -0.15) is 0 Å². The number of nitrogens with zero attached hydrogens (tertiary/aromatic N) is 1. The van der Waals surface area contributed by atoms with E-state index in [9.17, 15) is 18.4 Å². The standard InChI is InChI=1S/C24H15BrF2N2O3/c1-12-21(23(30)29-20-11-17(26)15(24(31)32)10-18(20)27)16-9-14(25)7-8-19(16)28-22(12)13-5-3-2-4-6-13/h2-11H,1H3,(H,29,30)(H,31,32). The fourth-order valence-electron chi connectivity index (χ4n) is 3.49. The zero-order valence-corrected chi connectivity index (χ0v) is 18.2. The van der Waals surface area contributed by atoms with E-state index >= 15 is 0 Å². The van der Waals surface area contributed by atoms with Crippen LogP contribution in [0.25, 0.3) is 22.2 Å². The second kappa shape index (κ2) is 8.47. The Bertz CT molecular complexity index is 1390. The number of hydrogen-bond donors (Lipinski definition) is 2. The maximum atomic E-state index is 14.4. The number of amides is 1. The Kier molecular flexibility index (Phi) is 5.71. The van der Waals surface area contributed by atoms with Gasteiger partial charge in [-0.3, -0.25) is 4.79 Å². The van der Waals surface area contributed by atoms with Gasteiger partial charge in [-0.05, 0) is 36.8 Å². The van der Waals surface area contributed by atoms with Gasteiger partial charge in [-0.25, -0.2) is 18.6 Å². The molecular formula is C24H15BrF2N2O3. The molecule has 1 amide bonds. The summed E-state index contributed by atoms with van der Waals surface area (Å²) in [5.74, 6) is -4.49. The molecular weight excluding hydrogens is 482 g/mol. The van der Waals surface area contributed by atoms with E-state index in [0.717, 1.165) is 10.0 Å². The van der Waals surface area contributed by atoms with E-state index in [4.69, 9.17) is 10.1 Å². The predicted octanol–water partition coefficient (Wildman–Crippen LogP) is 6.20. The van der Waals surface area contributed by atoms with E-state index in [-0.39, 0.29) is 5.56 Å². The molecule has 4 rings (SSSR count). The first kappa shape index (κ1) is 21.6. The molecule has 0 bridgehead atoms. The molecule has 0 aliphatic rings. The molecule has 160 valence electrons. The van der Waals surface area contributed by atoms with Gasteiger partial charge in [0.1, 0.15) is 11.6 Å². The number of carboxylic acids is 1. The summed E-state index contributed by atoms with van der Waals surface area (Å²) >= 11 is 3.39. The van der Waals surface area contributed by atoms with Gasteiger partial charge in [-0.1, -0.05) is 46.3 Å². The van der Waals surface area contributed by atoms with Crippen molar-refractivity contribution in [1.82, 2.24) is 4.98 Å². The number of aromatic nitrogens is 1. The number of rotatable bonds is 4. The third kappa shape index (κ3) is 3.97. The molecule has 4 aromatic rings. The van der Waals surface area contributed by atoms with E-state index in [1.807, 2.05) is 30.3 Å². The second-order valence-electron chi connectivity index (χ2n) is 7.06. The average Bonchev–Trinajstić information content (AvgIpc) is 2.76. The molecule has 0 unspecified atom stereocenters. The van der Waals surface area contributed by atoms with Crippen LogP contribution in [0.3, 0.4) is 0 Å². The summed E-state index contributed by atoms with van der Waals surface area (Å²) in [5.41, 5.74) is 1.46. The molecule has 0 radical (unpaired) electrons. The number of nitrogens with one attached hydrogen (secondary N) is 1. The highest BCUT2D eigenvalue weighted by atomic mass is 79.9. The van der Waals surface area contributed by atoms with Crippen LogP contribution in [0.2, 0.25) is 0 Å². The Balaban J connectivity index is 1.87. The van der Waals surface area contributed by atoms with Crippen LogP contribution in [-0.4, -0.2) is 22.0 Å². The van der Waals surface area contributed by atoms with E-state index in [2.05, 4.69) is 21.2 Å². The number of benzene rings is 3. The van der Waals surface area contributed by atoms with Crippen molar-refractivity contribution < 1.29 is 23.5 Å². The third-order valence-corrected chi connectivity index (χ3v) is 5.49. The van der Waals surface area contributed by atoms with Crippen LogP contribution < -0.4 is 5.32 Å². The number of carbonyl (C=O) groups is 2. The van der Waals surface area contributed by atoms with Crippen molar-refractivity contribution in [1.29, 1.82) is 0 Å². The highest BCUT2D eigenvalue weighted by Crippen LogP contribution is 2.32. The van der Waals surface area contributed by atoms with Gasteiger partial charge >= 0.3 is 5.97 Å². The molecule has 0 saturated carbocycles. The Morgan fingerprint density at radius 3 is 2.41 bits per heavy atom. The van der Waals surface area contributed by atoms with Crippen LogP contribution in [-0.2, 0) is 0 Å². The lowest BCUT2D eigenvalue weighted by Crippen LogP contribution is -2.17. The summed E-state index contributed by atoms with van der Waals surface area (Å²) in [6.45, 7) is 1.73. The molecule has 0 spiro atoms. The molecule has 8 heteroatoms. The lowest BCUT2D eigenvalue weighted by atomic mass is 9.97. The van der Waals surface area contributed by atoms with Crippen molar-refractivity contribution in [2.45, 2.75) is 6.92 Å². The summed E-state index contributed by atoms with van der Waals surface area (Å²) in [6.07, 6.45) is 0. The molecule has 3 aromatic carbocycles. The van der Waals surface area contributed by atoms with Crippen LogP contribution >= 0.6 is 15.9 Å². The first-order chi connectivity index (χ1) is 15.3. The van der Waals surface area contributed by atoms with Gasteiger partial charge < -0.3 is 10.4 Å². The molecule has 1 aromatic heterocycles. The fourth-order valence-corrected chi connectivity index (χ4v) is 3.85. The summed E-state index contributed by atoms with van der Waals surface area (Å²) in [5, 5.41) is 11.9. The van der Waals surface area contributed by atoms with Crippen LogP contribution in [0.15, 0.2) is 65.1 Å². The van der Waals surface area contributed by atoms with Gasteiger partial charge in [-0.15, -0.1) is 0 Å². The predicted molar refractivity (Wildman–Crippen MR) is 121 cm³/mol. The number of pyridine rings is 1. The highest BCUT2D eigenvalue weighted by Gasteiger charge is 2.22. The third-order valence-electron chi connectivity index (χ3n) is 5.00. The molecule has 2 N–H and O–H groups in total. The fraction of sp³-hybridized carbons (Fsp3) is 0.0417. The van der Waals surface area contributed by atoms with Crippen molar-refractivity contribution in [3.63, 3.8) is 0 Å². The van der Waals surface area contributed by atoms with Gasteiger partial charge in [0.25, 0.3) is 5.91 Å². The molecule has 32 heavy (non-hydrogen) atoms. The van der Waals surface area contributed by atoms with Gasteiger partial charge in [0.15, 0.2) is 0 Å². The first-order valence-corrected chi connectivity index (χ1v) is 10.2. The summed E-state index contributed by atoms with van der Waals surface area (Å²) < 4.78 is 29.2. The second-order valence-corrected chi connectivity index (χ2v) is 7.97. The largest absolute Gasteiger partial charge is 0.478 e. The van der Waals surface area contributed by atoms with Gasteiger partial charge in [0, 0.05) is 21.5 Å². The Labute approximate surface area is 189 Å². The molecule has 0 aliphatic heterocycles. The molecule has 1 heterocycles. The lowest BCUT2D eigenvalue weighted by molar-refractivity contribution is 0.0691. The Morgan fingerprint density at radius 1 is 1.00 bits per heavy atom. The first-order valence-electron chi connectivity index (χ1n) is 9.45. The number of hydrogen-bond acceptors (Lipinski definition) is 3. The molecule has 5 nitrogen and oxygen atoms in total. The minimum absolute atomic E-state index is 0.247. The van der Waals surface area contributed by atoms with Crippen molar-refractivity contribution in [3.05, 3.63) is 93.5 Å². The number of halogens is 3. The minimum atomic E-state index is -1.60. The van der Waals surface area contributed by atoms with Crippen molar-refractivity contribution >= 4 is 44.4 Å². The zero-order chi connectivity index (χ0) is 23.0. The van der Waals surface area contributed by atoms with E-state index in [0.29, 0.717) is 34.3 Å². The number of fused-ring (bicyclic) bond motifs is 1. The number of anilines is 1. The highest BCUT2D eigenvalue weighted by molar-refractivity contribution is 9.10. The Hall–Kier alpha value is -3.65. The molecule has 0 aliphatic carbocycles. The molecule has 0 fully saturated rings. The molecule has 0 atom stereocenters.